The number of nitrogens with two attached hydrogens (primary N) is 1. The third-order valence-electron chi connectivity index (χ3n) is 2.79. The van der Waals surface area contributed by atoms with Crippen LogP contribution in [0, 0.1) is 0 Å². The van der Waals surface area contributed by atoms with E-state index in [1.807, 2.05) is 0 Å². The quantitative estimate of drug-likeness (QED) is 0.163. The Bertz CT molecular complexity index is 529. The molecule has 3 atom stereocenters. The van der Waals surface area contributed by atoms with E-state index in [1.165, 1.54) is 0 Å². The van der Waals surface area contributed by atoms with Crippen LogP contribution in [0.3, 0.4) is 0 Å². The molecule has 25 heavy (non-hydrogen) atoms. The van der Waals surface area contributed by atoms with E-state index < -0.39 is 67.4 Å². The lowest BCUT2D eigenvalue weighted by atomic mass is 10.2. The maximum atomic E-state index is 11.8. The number of hydrogen-bond donors (Lipinski definition) is 8. The standard InChI is InChI=1S/C12H20N4O8S/c13-5(1-9(19)20)10(21)14-2-8(18)15-6(3-17)11(22)16-7(4-25)12(23)24/h5-7,17,25H,1-4,13H2,(H,14,21)(H,15,18)(H,16,22)(H,19,20)(H,23,24). The lowest BCUT2D eigenvalue weighted by molar-refractivity contribution is -0.141. The van der Waals surface area contributed by atoms with Gasteiger partial charge in [0.25, 0.3) is 0 Å². The maximum absolute atomic E-state index is 11.8. The highest BCUT2D eigenvalue weighted by atomic mass is 32.1. The van der Waals surface area contributed by atoms with E-state index in [4.69, 9.17) is 21.1 Å². The predicted octanol–water partition coefficient (Wildman–Crippen LogP) is -4.12. The van der Waals surface area contributed by atoms with Gasteiger partial charge in [-0.2, -0.15) is 12.6 Å². The molecule has 0 aliphatic carbocycles. The Morgan fingerprint density at radius 1 is 1.00 bits per heavy atom. The van der Waals surface area contributed by atoms with E-state index in [-0.39, 0.29) is 5.75 Å². The zero-order valence-corrected chi connectivity index (χ0v) is 13.9. The molecule has 0 fully saturated rings. The van der Waals surface area contributed by atoms with Crippen molar-refractivity contribution in [2.75, 3.05) is 18.9 Å². The third kappa shape index (κ3) is 8.88. The maximum Gasteiger partial charge on any atom is 0.327 e. The van der Waals surface area contributed by atoms with Crippen LogP contribution in [0.5, 0.6) is 0 Å². The number of carboxylic acids is 2. The van der Waals surface area contributed by atoms with Gasteiger partial charge >= 0.3 is 11.9 Å². The van der Waals surface area contributed by atoms with E-state index in [1.54, 1.807) is 0 Å². The fourth-order valence-electron chi connectivity index (χ4n) is 1.48. The normalized spacial score (nSPS) is 13.9. The van der Waals surface area contributed by atoms with E-state index >= 15 is 0 Å². The Morgan fingerprint density at radius 3 is 2.04 bits per heavy atom. The highest BCUT2D eigenvalue weighted by Crippen LogP contribution is 1.92. The molecule has 0 heterocycles. The van der Waals surface area contributed by atoms with Gasteiger partial charge in [-0.3, -0.25) is 19.2 Å². The predicted molar refractivity (Wildman–Crippen MR) is 85.7 cm³/mol. The van der Waals surface area contributed by atoms with Gasteiger partial charge in [-0.1, -0.05) is 0 Å². The number of aliphatic carboxylic acids is 2. The fraction of sp³-hybridized carbons (Fsp3) is 0.583. The molecule has 0 spiro atoms. The van der Waals surface area contributed by atoms with Crippen LogP contribution in [-0.4, -0.2) is 82.0 Å². The van der Waals surface area contributed by atoms with E-state index in [2.05, 4.69) is 28.6 Å². The summed E-state index contributed by atoms with van der Waals surface area (Å²) in [6.07, 6.45) is -0.630. The van der Waals surface area contributed by atoms with Crippen LogP contribution in [0.15, 0.2) is 0 Å². The molecule has 13 heteroatoms. The van der Waals surface area contributed by atoms with Gasteiger partial charge in [0.05, 0.1) is 25.6 Å². The number of carbonyl (C=O) groups is 5. The number of rotatable bonds is 11. The van der Waals surface area contributed by atoms with Gasteiger partial charge in [-0.25, -0.2) is 4.79 Å². The molecule has 0 radical (unpaired) electrons. The van der Waals surface area contributed by atoms with Crippen LogP contribution in [0.25, 0.3) is 0 Å². The van der Waals surface area contributed by atoms with Gasteiger partial charge in [0.1, 0.15) is 12.1 Å². The largest absolute Gasteiger partial charge is 0.481 e. The van der Waals surface area contributed by atoms with Crippen LogP contribution < -0.4 is 21.7 Å². The van der Waals surface area contributed by atoms with Crippen LogP contribution in [0.1, 0.15) is 6.42 Å². The molecular weight excluding hydrogens is 360 g/mol. The van der Waals surface area contributed by atoms with E-state index in [0.29, 0.717) is 0 Å². The zero-order valence-electron chi connectivity index (χ0n) is 13.0. The van der Waals surface area contributed by atoms with Gasteiger partial charge in [0, 0.05) is 5.75 Å². The first-order valence-electron chi connectivity index (χ1n) is 6.91. The summed E-state index contributed by atoms with van der Waals surface area (Å²) in [6.45, 7) is -1.44. The number of amides is 3. The Morgan fingerprint density at radius 2 is 1.60 bits per heavy atom. The summed E-state index contributed by atoms with van der Waals surface area (Å²) in [5.74, 6) is -5.55. The monoisotopic (exact) mass is 380 g/mol. The number of hydrogen-bond acceptors (Lipinski definition) is 8. The van der Waals surface area contributed by atoms with E-state index in [9.17, 15) is 24.0 Å². The number of nitrogens with one attached hydrogen (secondary N) is 3. The first-order chi connectivity index (χ1) is 11.6. The Kier molecular flexibility index (Phi) is 10.2. The highest BCUT2D eigenvalue weighted by Gasteiger charge is 2.25. The number of carbonyl (C=O) groups excluding carboxylic acids is 3. The summed E-state index contributed by atoms with van der Waals surface area (Å²) in [4.78, 5) is 56.1. The van der Waals surface area contributed by atoms with Crippen LogP contribution in [0.2, 0.25) is 0 Å². The van der Waals surface area contributed by atoms with Crippen molar-refractivity contribution in [1.82, 2.24) is 16.0 Å². The van der Waals surface area contributed by atoms with Crippen molar-refractivity contribution in [3.05, 3.63) is 0 Å². The lowest BCUT2D eigenvalue weighted by Crippen LogP contribution is -2.55. The van der Waals surface area contributed by atoms with Crippen molar-refractivity contribution in [3.63, 3.8) is 0 Å². The molecule has 8 N–H and O–H groups in total. The Labute approximate surface area is 147 Å². The average Bonchev–Trinajstić information content (AvgIpc) is 2.53. The summed E-state index contributed by atoms with van der Waals surface area (Å²) in [7, 11) is 0. The minimum absolute atomic E-state index is 0.204. The fourth-order valence-corrected chi connectivity index (χ4v) is 1.72. The number of aliphatic hydroxyl groups excluding tert-OH is 1. The molecule has 0 aromatic heterocycles. The average molecular weight is 380 g/mol. The van der Waals surface area contributed by atoms with Gasteiger partial charge in [-0.05, 0) is 0 Å². The molecule has 0 aromatic rings. The molecule has 0 aliphatic rings. The van der Waals surface area contributed by atoms with Crippen molar-refractivity contribution >= 4 is 42.3 Å². The van der Waals surface area contributed by atoms with Crippen molar-refractivity contribution in [2.24, 2.45) is 5.73 Å². The second-order valence-corrected chi connectivity index (χ2v) is 5.17. The van der Waals surface area contributed by atoms with Crippen molar-refractivity contribution < 1.29 is 39.3 Å². The summed E-state index contributed by atoms with van der Waals surface area (Å²) in [5, 5.41) is 32.6. The molecule has 3 amide bonds. The molecule has 0 aromatic carbocycles. The first-order valence-corrected chi connectivity index (χ1v) is 7.54. The van der Waals surface area contributed by atoms with Crippen molar-refractivity contribution in [1.29, 1.82) is 0 Å². The highest BCUT2D eigenvalue weighted by molar-refractivity contribution is 7.80. The molecule has 0 bridgehead atoms. The zero-order chi connectivity index (χ0) is 19.6. The van der Waals surface area contributed by atoms with Crippen molar-refractivity contribution in [2.45, 2.75) is 24.5 Å². The summed E-state index contributed by atoms with van der Waals surface area (Å²) in [6, 6.07) is -4.11. The smallest absolute Gasteiger partial charge is 0.327 e. The molecule has 3 unspecified atom stereocenters. The second-order valence-electron chi connectivity index (χ2n) is 4.81. The van der Waals surface area contributed by atoms with Crippen LogP contribution in [-0.2, 0) is 24.0 Å². The van der Waals surface area contributed by atoms with Crippen LogP contribution in [0.4, 0.5) is 0 Å². The number of carboxylic acid groups (broad SMARTS) is 2. The summed E-state index contributed by atoms with van der Waals surface area (Å²) in [5.41, 5.74) is 5.29. The molecule has 0 saturated heterocycles. The van der Waals surface area contributed by atoms with Gasteiger partial charge in [0.15, 0.2) is 0 Å². The Hall–Kier alpha value is -2.38. The minimum atomic E-state index is -1.45. The van der Waals surface area contributed by atoms with Gasteiger partial charge in [-0.15, -0.1) is 0 Å². The molecule has 0 saturated carbocycles. The third-order valence-corrected chi connectivity index (χ3v) is 3.15. The number of aliphatic hydroxyl groups is 1. The van der Waals surface area contributed by atoms with Gasteiger partial charge < -0.3 is 37.0 Å². The lowest BCUT2D eigenvalue weighted by Gasteiger charge is -2.19. The number of thiol groups is 1. The topological polar surface area (TPSA) is 208 Å². The minimum Gasteiger partial charge on any atom is -0.481 e. The first kappa shape index (κ1) is 22.6. The van der Waals surface area contributed by atoms with Crippen molar-refractivity contribution in [3.8, 4) is 0 Å². The van der Waals surface area contributed by atoms with E-state index in [0.717, 1.165) is 0 Å². The summed E-state index contributed by atoms with van der Waals surface area (Å²) >= 11 is 3.75. The molecule has 142 valence electrons. The Balaban J connectivity index is 4.49. The molecule has 12 nitrogen and oxygen atoms in total. The van der Waals surface area contributed by atoms with Crippen LogP contribution >= 0.6 is 12.6 Å². The molecule has 0 rings (SSSR count). The second kappa shape index (κ2) is 11.2. The molecule has 0 aliphatic heterocycles. The van der Waals surface area contributed by atoms with Gasteiger partial charge in [0.2, 0.25) is 17.7 Å². The molecular formula is C12H20N4O8S. The SMILES string of the molecule is NC(CC(=O)O)C(=O)NCC(=O)NC(CO)C(=O)NC(CS)C(=O)O. The summed E-state index contributed by atoms with van der Waals surface area (Å²) < 4.78 is 0.